The Bertz CT molecular complexity index is 468. The maximum atomic E-state index is 11.1. The van der Waals surface area contributed by atoms with E-state index in [0.29, 0.717) is 12.0 Å². The lowest BCUT2D eigenvalue weighted by atomic mass is 10.0. The molecule has 0 heterocycles. The first kappa shape index (κ1) is 12.0. The fourth-order valence-electron chi connectivity index (χ4n) is 1.31. The highest BCUT2D eigenvalue weighted by Crippen LogP contribution is 2.06. The lowest BCUT2D eigenvalue weighted by Gasteiger charge is -2.04. The molecule has 1 rings (SSSR count). The molecular formula is C14H13NO. The van der Waals surface area contributed by atoms with Gasteiger partial charge in [0.05, 0.1) is 6.04 Å². The first-order valence-electron chi connectivity index (χ1n) is 4.95. The largest absolute Gasteiger partial charge is 0.317 e. The minimum atomic E-state index is -0.265. The Morgan fingerprint density at radius 1 is 1.44 bits per heavy atom. The predicted octanol–water partition coefficient (Wildman–Crippen LogP) is 1.40. The van der Waals surface area contributed by atoms with Gasteiger partial charge < -0.3 is 5.73 Å². The molecule has 0 bridgehead atoms. The normalized spacial score (nSPS) is 10.8. The third kappa shape index (κ3) is 3.61. The molecule has 2 nitrogen and oxygen atoms in total. The van der Waals surface area contributed by atoms with Gasteiger partial charge in [-0.15, -0.1) is 6.42 Å². The Morgan fingerprint density at radius 2 is 2.06 bits per heavy atom. The predicted molar refractivity (Wildman–Crippen MR) is 64.7 cm³/mol. The van der Waals surface area contributed by atoms with E-state index in [2.05, 4.69) is 17.8 Å². The van der Waals surface area contributed by atoms with E-state index in [0.717, 1.165) is 5.56 Å². The maximum Gasteiger partial charge on any atom is 0.159 e. The molecule has 0 aromatic heterocycles. The zero-order chi connectivity index (χ0) is 12.0. The molecular weight excluding hydrogens is 198 g/mol. The van der Waals surface area contributed by atoms with Crippen molar-refractivity contribution in [3.8, 4) is 24.2 Å². The number of hydrogen-bond donors (Lipinski definition) is 1. The van der Waals surface area contributed by atoms with Crippen LogP contribution < -0.4 is 5.73 Å². The van der Waals surface area contributed by atoms with Crippen LogP contribution in [0.4, 0.5) is 0 Å². The number of ketones is 1. The molecule has 1 aromatic carbocycles. The van der Waals surface area contributed by atoms with Gasteiger partial charge in [-0.3, -0.25) is 4.79 Å². The summed E-state index contributed by atoms with van der Waals surface area (Å²) in [4.78, 5) is 11.1. The van der Waals surface area contributed by atoms with Crippen molar-refractivity contribution in [1.82, 2.24) is 0 Å². The first-order chi connectivity index (χ1) is 7.63. The van der Waals surface area contributed by atoms with Gasteiger partial charge in [-0.05, 0) is 30.7 Å². The van der Waals surface area contributed by atoms with Crippen molar-refractivity contribution in [2.45, 2.75) is 19.4 Å². The van der Waals surface area contributed by atoms with Gasteiger partial charge >= 0.3 is 0 Å². The fraction of sp³-hybridized carbons (Fsp3) is 0.214. The Balaban J connectivity index is 2.69. The molecule has 0 fully saturated rings. The number of nitrogens with two attached hydrogens (primary N) is 1. The molecule has 1 aromatic rings. The van der Waals surface area contributed by atoms with Gasteiger partial charge in [-0.2, -0.15) is 0 Å². The van der Waals surface area contributed by atoms with Crippen LogP contribution in [0, 0.1) is 24.2 Å². The van der Waals surface area contributed by atoms with Crippen molar-refractivity contribution in [3.63, 3.8) is 0 Å². The molecule has 0 amide bonds. The standard InChI is InChI=1S/C14H13NO/c1-3-4-5-14(15)10-12-6-8-13(9-7-12)11(2)16/h1,6-9,14H,10,15H2,2H3. The number of benzene rings is 1. The Morgan fingerprint density at radius 3 is 2.56 bits per heavy atom. The van der Waals surface area contributed by atoms with E-state index in [9.17, 15) is 4.79 Å². The fourth-order valence-corrected chi connectivity index (χ4v) is 1.31. The summed E-state index contributed by atoms with van der Waals surface area (Å²) in [6, 6.07) is 7.08. The lowest BCUT2D eigenvalue weighted by Crippen LogP contribution is -2.20. The van der Waals surface area contributed by atoms with Crippen LogP contribution in [0.2, 0.25) is 0 Å². The van der Waals surface area contributed by atoms with Crippen LogP contribution in [0.15, 0.2) is 24.3 Å². The highest BCUT2D eigenvalue weighted by molar-refractivity contribution is 5.93. The average Bonchev–Trinajstić information content (AvgIpc) is 2.27. The summed E-state index contributed by atoms with van der Waals surface area (Å²) in [5, 5.41) is 0. The minimum Gasteiger partial charge on any atom is -0.317 e. The van der Waals surface area contributed by atoms with Gasteiger partial charge in [-0.25, -0.2) is 0 Å². The summed E-state index contributed by atoms with van der Waals surface area (Å²) in [5.74, 6) is 7.52. The molecule has 1 unspecified atom stereocenters. The molecule has 0 aliphatic carbocycles. The van der Waals surface area contributed by atoms with Crippen LogP contribution in [0.25, 0.3) is 0 Å². The Hall–Kier alpha value is -2.03. The second-order valence-electron chi connectivity index (χ2n) is 3.48. The number of hydrogen-bond acceptors (Lipinski definition) is 2. The number of Topliss-reactive ketones (excluding diaryl/α,β-unsaturated/α-hetero) is 1. The smallest absolute Gasteiger partial charge is 0.159 e. The second kappa shape index (κ2) is 5.75. The van der Waals surface area contributed by atoms with Crippen molar-refractivity contribution >= 4 is 5.78 Å². The number of rotatable bonds is 3. The SMILES string of the molecule is C#CC#CC(N)Cc1ccc(C(C)=O)cc1. The van der Waals surface area contributed by atoms with Crippen LogP contribution in [0.5, 0.6) is 0 Å². The molecule has 0 saturated carbocycles. The summed E-state index contributed by atoms with van der Waals surface area (Å²) in [5.41, 5.74) is 7.50. The van der Waals surface area contributed by atoms with Gasteiger partial charge in [0, 0.05) is 5.56 Å². The molecule has 0 spiro atoms. The van der Waals surface area contributed by atoms with E-state index in [1.165, 1.54) is 0 Å². The van der Waals surface area contributed by atoms with Crippen LogP contribution in [-0.4, -0.2) is 11.8 Å². The van der Waals surface area contributed by atoms with Crippen LogP contribution >= 0.6 is 0 Å². The van der Waals surface area contributed by atoms with Crippen molar-refractivity contribution in [2.75, 3.05) is 0 Å². The zero-order valence-corrected chi connectivity index (χ0v) is 9.16. The topological polar surface area (TPSA) is 43.1 Å². The van der Waals surface area contributed by atoms with Crippen LogP contribution in [-0.2, 0) is 6.42 Å². The van der Waals surface area contributed by atoms with Gasteiger partial charge in [0.25, 0.3) is 0 Å². The maximum absolute atomic E-state index is 11.1. The Labute approximate surface area is 95.9 Å². The first-order valence-corrected chi connectivity index (χ1v) is 4.95. The summed E-state index contributed by atoms with van der Waals surface area (Å²) in [6.45, 7) is 1.54. The van der Waals surface area contributed by atoms with E-state index < -0.39 is 0 Å². The molecule has 0 radical (unpaired) electrons. The quantitative estimate of drug-likeness (QED) is 0.606. The lowest BCUT2D eigenvalue weighted by molar-refractivity contribution is 0.101. The molecule has 1 atom stereocenters. The third-order valence-electron chi connectivity index (χ3n) is 2.15. The van der Waals surface area contributed by atoms with Crippen molar-refractivity contribution in [3.05, 3.63) is 35.4 Å². The summed E-state index contributed by atoms with van der Waals surface area (Å²) >= 11 is 0. The molecule has 80 valence electrons. The van der Waals surface area contributed by atoms with Gasteiger partial charge in [0.2, 0.25) is 0 Å². The van der Waals surface area contributed by atoms with E-state index in [1.54, 1.807) is 19.1 Å². The van der Waals surface area contributed by atoms with Gasteiger partial charge in [0.15, 0.2) is 5.78 Å². The van der Waals surface area contributed by atoms with Crippen molar-refractivity contribution in [1.29, 1.82) is 0 Å². The highest BCUT2D eigenvalue weighted by Gasteiger charge is 2.02. The zero-order valence-electron chi connectivity index (χ0n) is 9.16. The van der Waals surface area contributed by atoms with E-state index >= 15 is 0 Å². The van der Waals surface area contributed by atoms with Gasteiger partial charge in [-0.1, -0.05) is 30.2 Å². The highest BCUT2D eigenvalue weighted by atomic mass is 16.1. The molecule has 0 aliphatic rings. The average molecular weight is 211 g/mol. The molecule has 0 aliphatic heterocycles. The van der Waals surface area contributed by atoms with Crippen LogP contribution in [0.1, 0.15) is 22.8 Å². The Kier molecular flexibility index (Phi) is 4.33. The number of carbonyl (C=O) groups excluding carboxylic acids is 1. The monoisotopic (exact) mass is 211 g/mol. The molecule has 2 N–H and O–H groups in total. The van der Waals surface area contributed by atoms with Crippen LogP contribution in [0.3, 0.4) is 0 Å². The minimum absolute atomic E-state index is 0.0583. The summed E-state index contributed by atoms with van der Waals surface area (Å²) in [6.07, 6.45) is 5.64. The summed E-state index contributed by atoms with van der Waals surface area (Å²) in [7, 11) is 0. The number of terminal acetylenes is 1. The number of carbonyl (C=O) groups is 1. The van der Waals surface area contributed by atoms with Gasteiger partial charge in [0.1, 0.15) is 0 Å². The van der Waals surface area contributed by atoms with E-state index in [4.69, 9.17) is 12.2 Å². The molecule has 2 heteroatoms. The van der Waals surface area contributed by atoms with E-state index in [-0.39, 0.29) is 11.8 Å². The summed E-state index contributed by atoms with van der Waals surface area (Å²) < 4.78 is 0. The molecule has 16 heavy (non-hydrogen) atoms. The van der Waals surface area contributed by atoms with Crippen molar-refractivity contribution in [2.24, 2.45) is 5.73 Å². The third-order valence-corrected chi connectivity index (χ3v) is 2.15. The second-order valence-corrected chi connectivity index (χ2v) is 3.48. The van der Waals surface area contributed by atoms with Crippen molar-refractivity contribution < 1.29 is 4.79 Å². The molecule has 0 saturated heterocycles. The van der Waals surface area contributed by atoms with E-state index in [1.807, 2.05) is 12.1 Å².